The van der Waals surface area contributed by atoms with Gasteiger partial charge < -0.3 is 5.32 Å². The van der Waals surface area contributed by atoms with Gasteiger partial charge in [0.1, 0.15) is 0 Å². The Morgan fingerprint density at radius 1 is 1.11 bits per heavy atom. The Balaban J connectivity index is 1.68. The minimum atomic E-state index is 0.732. The van der Waals surface area contributed by atoms with Gasteiger partial charge in [-0.05, 0) is 36.8 Å². The molecule has 0 saturated heterocycles. The molecule has 100 valence electrons. The molecule has 1 aliphatic rings. The molecule has 2 heteroatoms. The van der Waals surface area contributed by atoms with Crippen LogP contribution in [-0.4, -0.2) is 18.3 Å². The van der Waals surface area contributed by atoms with Gasteiger partial charge in [0.05, 0.1) is 0 Å². The molecule has 2 atom stereocenters. The third-order valence-electron chi connectivity index (χ3n) is 4.04. The van der Waals surface area contributed by atoms with Crippen molar-refractivity contribution in [3.8, 4) is 0 Å². The van der Waals surface area contributed by atoms with Crippen molar-refractivity contribution in [3.05, 3.63) is 30.3 Å². The minimum Gasteiger partial charge on any atom is -0.313 e. The second-order valence-corrected chi connectivity index (χ2v) is 6.70. The summed E-state index contributed by atoms with van der Waals surface area (Å²) in [7, 11) is 0. The van der Waals surface area contributed by atoms with Crippen molar-refractivity contribution in [1.82, 2.24) is 5.32 Å². The number of hydrogen-bond acceptors (Lipinski definition) is 2. The fraction of sp³-hybridized carbons (Fsp3) is 0.625. The molecule has 0 aromatic heterocycles. The molecule has 1 aromatic carbocycles. The van der Waals surface area contributed by atoms with Crippen molar-refractivity contribution in [2.75, 3.05) is 12.3 Å². The van der Waals surface area contributed by atoms with Crippen molar-refractivity contribution >= 4 is 11.8 Å². The lowest BCUT2D eigenvalue weighted by Gasteiger charge is -2.35. The lowest BCUT2D eigenvalue weighted by atomic mass is 9.79. The maximum Gasteiger partial charge on any atom is 0.0119 e. The highest BCUT2D eigenvalue weighted by atomic mass is 32.2. The van der Waals surface area contributed by atoms with Gasteiger partial charge in [0.15, 0.2) is 0 Å². The molecule has 0 amide bonds. The van der Waals surface area contributed by atoms with Gasteiger partial charge in [-0.15, -0.1) is 11.8 Å². The highest BCUT2D eigenvalue weighted by Crippen LogP contribution is 2.28. The van der Waals surface area contributed by atoms with Crippen LogP contribution < -0.4 is 5.32 Å². The van der Waals surface area contributed by atoms with Crippen LogP contribution in [0.5, 0.6) is 0 Å². The molecule has 1 N–H and O–H groups in total. The van der Waals surface area contributed by atoms with Crippen LogP contribution in [0.4, 0.5) is 0 Å². The standard InChI is InChI=1S/C16H25NS/c1-13-7-6-8-14(2)16(13)17-11-12-18-15-9-4-3-5-10-15/h3-5,9-10,13-14,16-17H,6-8,11-12H2,1-2H3. The van der Waals surface area contributed by atoms with Crippen LogP contribution in [0.25, 0.3) is 0 Å². The molecule has 1 aliphatic carbocycles. The molecule has 1 nitrogen and oxygen atoms in total. The van der Waals surface area contributed by atoms with Crippen molar-refractivity contribution in [2.45, 2.75) is 44.0 Å². The van der Waals surface area contributed by atoms with E-state index >= 15 is 0 Å². The van der Waals surface area contributed by atoms with Crippen LogP contribution in [0.2, 0.25) is 0 Å². The largest absolute Gasteiger partial charge is 0.313 e. The first-order valence-electron chi connectivity index (χ1n) is 7.18. The molecule has 0 spiro atoms. The van der Waals surface area contributed by atoms with Gasteiger partial charge in [-0.2, -0.15) is 0 Å². The SMILES string of the molecule is CC1CCCC(C)C1NCCSc1ccccc1. The third-order valence-corrected chi connectivity index (χ3v) is 5.05. The average Bonchev–Trinajstić information content (AvgIpc) is 2.38. The van der Waals surface area contributed by atoms with Gasteiger partial charge in [0, 0.05) is 23.2 Å². The highest BCUT2D eigenvalue weighted by Gasteiger charge is 2.26. The maximum absolute atomic E-state index is 3.77. The molecule has 0 bridgehead atoms. The second-order valence-electron chi connectivity index (χ2n) is 5.53. The number of rotatable bonds is 5. The average molecular weight is 263 g/mol. The Hall–Kier alpha value is -0.470. The van der Waals surface area contributed by atoms with E-state index in [1.807, 2.05) is 11.8 Å². The third kappa shape index (κ3) is 4.03. The van der Waals surface area contributed by atoms with Gasteiger partial charge in [-0.1, -0.05) is 38.5 Å². The van der Waals surface area contributed by atoms with Crippen LogP contribution in [0.1, 0.15) is 33.1 Å². The number of benzene rings is 1. The van der Waals surface area contributed by atoms with Crippen molar-refractivity contribution in [1.29, 1.82) is 0 Å². The van der Waals surface area contributed by atoms with E-state index in [2.05, 4.69) is 49.5 Å². The summed E-state index contributed by atoms with van der Waals surface area (Å²) in [5, 5.41) is 3.77. The van der Waals surface area contributed by atoms with Gasteiger partial charge in [-0.25, -0.2) is 0 Å². The van der Waals surface area contributed by atoms with E-state index in [4.69, 9.17) is 0 Å². The maximum atomic E-state index is 3.77. The molecule has 0 heterocycles. The summed E-state index contributed by atoms with van der Waals surface area (Å²) >= 11 is 1.95. The van der Waals surface area contributed by atoms with E-state index in [-0.39, 0.29) is 0 Å². The lowest BCUT2D eigenvalue weighted by molar-refractivity contribution is 0.212. The zero-order chi connectivity index (χ0) is 12.8. The summed E-state index contributed by atoms with van der Waals surface area (Å²) in [5.41, 5.74) is 0. The summed E-state index contributed by atoms with van der Waals surface area (Å²) in [6, 6.07) is 11.4. The van der Waals surface area contributed by atoms with Crippen LogP contribution in [0.3, 0.4) is 0 Å². The van der Waals surface area contributed by atoms with Gasteiger partial charge >= 0.3 is 0 Å². The summed E-state index contributed by atoms with van der Waals surface area (Å²) in [5.74, 6) is 2.85. The molecule has 0 aliphatic heterocycles. The summed E-state index contributed by atoms with van der Waals surface area (Å²) < 4.78 is 0. The summed E-state index contributed by atoms with van der Waals surface area (Å²) in [6.07, 6.45) is 4.21. The lowest BCUT2D eigenvalue weighted by Crippen LogP contribution is -2.43. The first kappa shape index (κ1) is 14.0. The van der Waals surface area contributed by atoms with Crippen LogP contribution >= 0.6 is 11.8 Å². The number of hydrogen-bond donors (Lipinski definition) is 1. The van der Waals surface area contributed by atoms with Gasteiger partial charge in [0.2, 0.25) is 0 Å². The Labute approximate surface area is 116 Å². The fourth-order valence-electron chi connectivity index (χ4n) is 3.00. The van der Waals surface area contributed by atoms with Crippen molar-refractivity contribution < 1.29 is 0 Å². The minimum absolute atomic E-state index is 0.732. The smallest absolute Gasteiger partial charge is 0.0119 e. The molecule has 18 heavy (non-hydrogen) atoms. The van der Waals surface area contributed by atoms with E-state index in [9.17, 15) is 0 Å². The normalized spacial score (nSPS) is 28.2. The molecule has 0 radical (unpaired) electrons. The first-order valence-corrected chi connectivity index (χ1v) is 8.17. The van der Waals surface area contributed by atoms with E-state index in [0.29, 0.717) is 0 Å². The van der Waals surface area contributed by atoms with Crippen molar-refractivity contribution in [3.63, 3.8) is 0 Å². The quantitative estimate of drug-likeness (QED) is 0.631. The molecule has 2 unspecified atom stereocenters. The molecular weight excluding hydrogens is 238 g/mol. The zero-order valence-corrected chi connectivity index (χ0v) is 12.4. The zero-order valence-electron chi connectivity index (χ0n) is 11.6. The molecule has 2 rings (SSSR count). The highest BCUT2D eigenvalue weighted by molar-refractivity contribution is 7.99. The van der Waals surface area contributed by atoms with E-state index in [0.717, 1.165) is 24.4 Å². The number of nitrogens with one attached hydrogen (secondary N) is 1. The van der Waals surface area contributed by atoms with E-state index in [1.165, 1.54) is 29.9 Å². The first-order chi connectivity index (χ1) is 8.77. The summed E-state index contributed by atoms with van der Waals surface area (Å²) in [4.78, 5) is 1.38. The van der Waals surface area contributed by atoms with Gasteiger partial charge in [0.25, 0.3) is 0 Å². The van der Waals surface area contributed by atoms with Crippen molar-refractivity contribution in [2.24, 2.45) is 11.8 Å². The second kappa shape index (κ2) is 7.20. The Kier molecular flexibility index (Phi) is 5.58. The van der Waals surface area contributed by atoms with Crippen LogP contribution in [-0.2, 0) is 0 Å². The molecule has 1 fully saturated rings. The molecule has 1 aromatic rings. The Morgan fingerprint density at radius 3 is 2.44 bits per heavy atom. The topological polar surface area (TPSA) is 12.0 Å². The molecular formula is C16H25NS. The Bertz CT molecular complexity index is 328. The Morgan fingerprint density at radius 2 is 1.78 bits per heavy atom. The number of thioether (sulfide) groups is 1. The van der Waals surface area contributed by atoms with Crippen LogP contribution in [0.15, 0.2) is 35.2 Å². The van der Waals surface area contributed by atoms with Gasteiger partial charge in [-0.3, -0.25) is 0 Å². The predicted octanol–water partition coefficient (Wildman–Crippen LogP) is 4.19. The fourth-order valence-corrected chi connectivity index (χ4v) is 3.80. The van der Waals surface area contributed by atoms with E-state index in [1.54, 1.807) is 0 Å². The van der Waals surface area contributed by atoms with E-state index < -0.39 is 0 Å². The van der Waals surface area contributed by atoms with Crippen LogP contribution in [0, 0.1) is 11.8 Å². The summed E-state index contributed by atoms with van der Waals surface area (Å²) in [6.45, 7) is 5.92. The molecule has 1 saturated carbocycles. The predicted molar refractivity (Wildman–Crippen MR) is 81.1 cm³/mol. The monoisotopic (exact) mass is 263 g/mol.